The molecule has 4 aromatic rings. The SMILES string of the molecule is CC(=O)O[C@H]1C(=O)[C@@]2(C)[C@H]([C@H](OC(=O)c3ccccc3)[C@]3(O)C[C@H](OC(=O)[C@H](OC(=O)OCc4ccc(NC(=O)[C@H](CCCCN)NC(=O)[C@H](CC(C)C)NC(=O)[C@H](N)C(C)C)cc4)[C@@H](NC(=O)c4ccccc4)c4ccccc4)C(C)=C1C3(C)C)[C@]1(OC(C)=O)CO[C@@H]1C[C@@H]2O.Cl. The van der Waals surface area contributed by atoms with Crippen LogP contribution in [0.4, 0.5) is 10.5 Å². The third-order valence-electron chi connectivity index (χ3n) is 19.2. The molecule has 98 heavy (non-hydrogen) atoms. The van der Waals surface area contributed by atoms with E-state index in [1.807, 2.05) is 13.8 Å². The molecule has 4 amide bonds. The van der Waals surface area contributed by atoms with Crippen molar-refractivity contribution < 1.29 is 91.3 Å². The summed E-state index contributed by atoms with van der Waals surface area (Å²) in [5.74, 6) is -9.30. The summed E-state index contributed by atoms with van der Waals surface area (Å²) in [5.41, 5.74) is 4.46. The molecule has 10 N–H and O–H groups in total. The van der Waals surface area contributed by atoms with Gasteiger partial charge in [-0.25, -0.2) is 14.4 Å². The van der Waals surface area contributed by atoms with Crippen LogP contribution in [0.2, 0.25) is 0 Å². The molecule has 1 heterocycles. The number of ether oxygens (including phenoxy) is 7. The fourth-order valence-corrected chi connectivity index (χ4v) is 13.8. The van der Waals surface area contributed by atoms with Crippen LogP contribution in [0.5, 0.6) is 0 Å². The van der Waals surface area contributed by atoms with Crippen molar-refractivity contribution in [2.75, 3.05) is 18.5 Å². The first-order chi connectivity index (χ1) is 45.9. The summed E-state index contributed by atoms with van der Waals surface area (Å²) in [7, 11) is 0. The van der Waals surface area contributed by atoms with Gasteiger partial charge in [0.1, 0.15) is 48.6 Å². The lowest BCUT2D eigenvalue weighted by Crippen LogP contribution is -2.82. The van der Waals surface area contributed by atoms with Gasteiger partial charge in [-0.2, -0.15) is 0 Å². The number of halogens is 1. The summed E-state index contributed by atoms with van der Waals surface area (Å²) in [6, 6.07) is 25.3. The molecule has 0 radical (unpaired) electrons. The standard InChI is InChI=1S/C72H90N6O19.ClH/c1-39(2)34-50(77-65(86)55(74)40(3)4)64(85)76-49(28-20-21-33-73)63(84)75-48-31-29-44(30-32-48)37-91-68(89)95-58(56(45-22-14-11-15-23-45)78-62(83)46-24-16-12-17-25-46)67(88)94-51-36-72(90)61(96-66(87)47-26-18-13-19-27-47)59-70(10,52(81)35-53-71(59,38-92-53)97-43(7)80)60(82)57(93-42(6)79)54(41(51)5)69(72,8)9;/h11-19,22-27,29-32,39-40,49-53,55-59,61,81,90H,20-21,28,33-38,73-74H2,1-10H3,(H,75,84)(H,76,85)(H,77,86)(H,78,83);1H/t49-,50-,51-,52-,53+,55+,56-,57+,58+,59-,61-,70+,71-,72+;/m0./s1. The molecule has 4 aliphatic rings. The van der Waals surface area contributed by atoms with Crippen molar-refractivity contribution in [2.24, 2.45) is 40.1 Å². The first-order valence-electron chi connectivity index (χ1n) is 32.7. The van der Waals surface area contributed by atoms with Gasteiger partial charge in [0.2, 0.25) is 23.8 Å². The van der Waals surface area contributed by atoms with Crippen LogP contribution in [0.3, 0.4) is 0 Å². The summed E-state index contributed by atoms with van der Waals surface area (Å²) >= 11 is 0. The van der Waals surface area contributed by atoms with Crippen molar-refractivity contribution in [1.29, 1.82) is 0 Å². The number of aliphatic hydroxyl groups is 2. The highest BCUT2D eigenvalue weighted by molar-refractivity contribution is 5.99. The third kappa shape index (κ3) is 16.6. The van der Waals surface area contributed by atoms with Crippen LogP contribution >= 0.6 is 12.4 Å². The number of benzene rings is 4. The van der Waals surface area contributed by atoms with Gasteiger partial charge in [0, 0.05) is 43.4 Å². The summed E-state index contributed by atoms with van der Waals surface area (Å²) in [4.78, 5) is 142. The third-order valence-corrected chi connectivity index (χ3v) is 19.2. The Bertz CT molecular complexity index is 3580. The van der Waals surface area contributed by atoms with E-state index in [9.17, 15) is 48.6 Å². The van der Waals surface area contributed by atoms with Gasteiger partial charge in [0.25, 0.3) is 5.91 Å². The molecule has 4 aromatic carbocycles. The summed E-state index contributed by atoms with van der Waals surface area (Å²) < 4.78 is 42.7. The van der Waals surface area contributed by atoms with E-state index < -0.39 is 168 Å². The number of hydrogen-bond donors (Lipinski definition) is 8. The number of ketones is 1. The fraction of sp³-hybridized carbons (Fsp3) is 0.500. The number of carbonyl (C=O) groups excluding carboxylic acids is 10. The quantitative estimate of drug-likeness (QED) is 0.0142. The fourth-order valence-electron chi connectivity index (χ4n) is 13.8. The molecule has 2 bridgehead atoms. The highest BCUT2D eigenvalue weighted by atomic mass is 35.5. The zero-order valence-electron chi connectivity index (χ0n) is 56.7. The molecular weight excluding hydrogens is 1290 g/mol. The largest absolute Gasteiger partial charge is 0.509 e. The Labute approximate surface area is 575 Å². The van der Waals surface area contributed by atoms with Crippen molar-refractivity contribution in [1.82, 2.24) is 16.0 Å². The number of hydrogen-bond acceptors (Lipinski definition) is 21. The Morgan fingerprint density at radius 1 is 0.735 bits per heavy atom. The van der Waals surface area contributed by atoms with Gasteiger partial charge >= 0.3 is 30.0 Å². The molecule has 14 atom stereocenters. The van der Waals surface area contributed by atoms with Crippen LogP contribution in [0.15, 0.2) is 126 Å². The molecule has 0 aromatic heterocycles. The Morgan fingerprint density at radius 3 is 1.90 bits per heavy atom. The van der Waals surface area contributed by atoms with E-state index >= 15 is 9.59 Å². The summed E-state index contributed by atoms with van der Waals surface area (Å²) in [5, 5.41) is 37.7. The van der Waals surface area contributed by atoms with Crippen LogP contribution in [-0.2, 0) is 73.3 Å². The number of carbonyl (C=O) groups is 10. The Balaban J connectivity index is 0.0000135. The van der Waals surface area contributed by atoms with Crippen molar-refractivity contribution in [3.8, 4) is 0 Å². The number of Topliss-reactive ketones (excluding diaryl/α,β-unsaturated/α-hetero) is 1. The number of nitrogens with one attached hydrogen (secondary N) is 4. The zero-order valence-corrected chi connectivity index (χ0v) is 57.6. The minimum Gasteiger partial charge on any atom is -0.455 e. The van der Waals surface area contributed by atoms with E-state index in [1.54, 1.807) is 80.6 Å². The summed E-state index contributed by atoms with van der Waals surface area (Å²) in [6.07, 6.45) is -11.4. The predicted molar refractivity (Wildman–Crippen MR) is 358 cm³/mol. The highest BCUT2D eigenvalue weighted by Gasteiger charge is 2.78. The number of rotatable bonds is 26. The zero-order chi connectivity index (χ0) is 70.9. The molecule has 8 rings (SSSR count). The van der Waals surface area contributed by atoms with Crippen molar-refractivity contribution >= 4 is 77.5 Å². The minimum atomic E-state index is -2.55. The molecule has 530 valence electrons. The lowest BCUT2D eigenvalue weighted by atomic mass is 9.44. The number of nitrogens with two attached hydrogens (primary N) is 2. The van der Waals surface area contributed by atoms with Gasteiger partial charge in [0.15, 0.2) is 17.5 Å². The monoisotopic (exact) mass is 1380 g/mol. The van der Waals surface area contributed by atoms with E-state index in [0.29, 0.717) is 30.6 Å². The maximum Gasteiger partial charge on any atom is 0.509 e. The Kier molecular flexibility index (Phi) is 25.4. The molecule has 3 aliphatic carbocycles. The average Bonchev–Trinajstić information content (AvgIpc) is 0.669. The van der Waals surface area contributed by atoms with Crippen LogP contribution in [-0.4, -0.2) is 149 Å². The molecule has 3 fully saturated rings. The van der Waals surface area contributed by atoms with Gasteiger partial charge < -0.3 is 76.1 Å². The number of aliphatic hydroxyl groups excluding tert-OH is 1. The predicted octanol–water partition coefficient (Wildman–Crippen LogP) is 6.59. The van der Waals surface area contributed by atoms with Crippen LogP contribution < -0.4 is 32.7 Å². The first-order valence-corrected chi connectivity index (χ1v) is 32.7. The second kappa shape index (κ2) is 32.4. The summed E-state index contributed by atoms with van der Waals surface area (Å²) in [6.45, 7) is 14.9. The lowest BCUT2D eigenvalue weighted by molar-refractivity contribution is -0.346. The molecule has 1 aliphatic heterocycles. The van der Waals surface area contributed by atoms with E-state index in [-0.39, 0.29) is 71.3 Å². The smallest absolute Gasteiger partial charge is 0.455 e. The van der Waals surface area contributed by atoms with Crippen LogP contribution in [0.25, 0.3) is 0 Å². The van der Waals surface area contributed by atoms with E-state index in [2.05, 4.69) is 21.3 Å². The van der Waals surface area contributed by atoms with Crippen molar-refractivity contribution in [3.63, 3.8) is 0 Å². The molecule has 1 saturated heterocycles. The molecule has 0 spiro atoms. The van der Waals surface area contributed by atoms with Crippen molar-refractivity contribution in [2.45, 2.75) is 186 Å². The number of esters is 4. The topological polar surface area (TPSA) is 376 Å². The van der Waals surface area contributed by atoms with Gasteiger partial charge in [-0.15, -0.1) is 12.4 Å². The lowest BCUT2D eigenvalue weighted by Gasteiger charge is -2.67. The minimum absolute atomic E-state index is 0. The highest BCUT2D eigenvalue weighted by Crippen LogP contribution is 2.64. The van der Waals surface area contributed by atoms with Gasteiger partial charge in [0.05, 0.1) is 35.6 Å². The van der Waals surface area contributed by atoms with Gasteiger partial charge in [-0.3, -0.25) is 33.6 Å². The normalized spacial score (nSPS) is 25.2. The maximum absolute atomic E-state index is 15.9. The van der Waals surface area contributed by atoms with Crippen LogP contribution in [0.1, 0.15) is 146 Å². The van der Waals surface area contributed by atoms with E-state index in [1.165, 1.54) is 76.2 Å². The number of fused-ring (bicyclic) bond motifs is 5. The van der Waals surface area contributed by atoms with E-state index in [4.69, 9.17) is 44.6 Å². The van der Waals surface area contributed by atoms with Crippen LogP contribution in [0, 0.1) is 28.6 Å². The number of anilines is 1. The second-order valence-electron chi connectivity index (χ2n) is 27.0. The molecule has 0 unspecified atom stereocenters. The van der Waals surface area contributed by atoms with E-state index in [0.717, 1.165) is 13.8 Å². The molecule has 25 nitrogen and oxygen atoms in total. The number of amides is 4. The van der Waals surface area contributed by atoms with Crippen molar-refractivity contribution in [3.05, 3.63) is 149 Å². The van der Waals surface area contributed by atoms with Gasteiger partial charge in [-0.1, -0.05) is 120 Å². The van der Waals surface area contributed by atoms with Gasteiger partial charge in [-0.05, 0) is 117 Å². The first kappa shape index (κ1) is 76.8. The molecule has 26 heteroatoms. The second-order valence-corrected chi connectivity index (χ2v) is 27.0. The molecular formula is C72H91ClN6O19. The Morgan fingerprint density at radius 2 is 1.34 bits per heavy atom. The Hall–Kier alpha value is -8.59. The average molecular weight is 1380 g/mol. The maximum atomic E-state index is 15.9. The number of unbranched alkanes of at least 4 members (excludes halogenated alkanes) is 1. The molecule has 2 saturated carbocycles.